The van der Waals surface area contributed by atoms with E-state index in [4.69, 9.17) is 0 Å². The number of hydrogen-bond donors (Lipinski definition) is 0. The topological polar surface area (TPSA) is 57.7 Å². The molecule has 0 radical (unpaired) electrons. The van der Waals surface area contributed by atoms with E-state index in [1.807, 2.05) is 66.7 Å². The average molecular weight is 499 g/mol. The number of carbonyl (C=O) groups is 1. The molecule has 0 spiro atoms. The van der Waals surface area contributed by atoms with E-state index in [1.54, 1.807) is 24.3 Å². The third-order valence-electron chi connectivity index (χ3n) is 5.89. The average Bonchev–Trinajstić information content (AvgIpc) is 2.88. The molecule has 0 heterocycles. The van der Waals surface area contributed by atoms with E-state index in [-0.39, 0.29) is 18.9 Å². The summed E-state index contributed by atoms with van der Waals surface area (Å²) >= 11 is 0. The summed E-state index contributed by atoms with van der Waals surface area (Å²) in [5, 5.41) is 0. The molecule has 0 bridgehead atoms. The highest BCUT2D eigenvalue weighted by atomic mass is 32.2. The minimum atomic E-state index is -3.55. The molecule has 36 heavy (non-hydrogen) atoms. The lowest BCUT2D eigenvalue weighted by molar-refractivity contribution is 0.0920. The summed E-state index contributed by atoms with van der Waals surface area (Å²) in [4.78, 5) is 15.5. The van der Waals surface area contributed by atoms with E-state index in [1.165, 1.54) is 10.6 Å². The van der Waals surface area contributed by atoms with Gasteiger partial charge in [-0.2, -0.15) is 0 Å². The number of rotatable bonds is 11. The van der Waals surface area contributed by atoms with Gasteiger partial charge in [-0.15, -0.1) is 0 Å². The van der Waals surface area contributed by atoms with Crippen LogP contribution in [0.3, 0.4) is 0 Å². The van der Waals surface area contributed by atoms with Gasteiger partial charge in [0.05, 0.1) is 25.0 Å². The Balaban J connectivity index is 1.56. The van der Waals surface area contributed by atoms with Crippen molar-refractivity contribution < 1.29 is 13.2 Å². The second-order valence-electron chi connectivity index (χ2n) is 8.85. The molecule has 4 aromatic rings. The van der Waals surface area contributed by atoms with Crippen LogP contribution in [-0.4, -0.2) is 31.9 Å². The lowest BCUT2D eigenvalue weighted by atomic mass is 10.1. The zero-order valence-corrected chi connectivity index (χ0v) is 21.1. The predicted octanol–water partition coefficient (Wildman–Crippen LogP) is 5.54. The van der Waals surface area contributed by atoms with Crippen molar-refractivity contribution in [2.45, 2.75) is 19.6 Å². The minimum Gasteiger partial charge on any atom is -0.293 e. The lowest BCUT2D eigenvalue weighted by Gasteiger charge is -2.24. The van der Waals surface area contributed by atoms with Gasteiger partial charge in [-0.25, -0.2) is 8.42 Å². The summed E-state index contributed by atoms with van der Waals surface area (Å²) in [6, 6.07) is 36.5. The number of benzene rings is 4. The van der Waals surface area contributed by atoms with E-state index in [2.05, 4.69) is 29.2 Å². The van der Waals surface area contributed by atoms with Crippen molar-refractivity contribution in [3.63, 3.8) is 0 Å². The molecule has 0 aromatic heterocycles. The molecular weight excluding hydrogens is 468 g/mol. The van der Waals surface area contributed by atoms with Gasteiger partial charge in [0.15, 0.2) is 5.78 Å². The van der Waals surface area contributed by atoms with E-state index in [9.17, 15) is 13.2 Å². The number of anilines is 1. The van der Waals surface area contributed by atoms with Gasteiger partial charge < -0.3 is 0 Å². The highest BCUT2D eigenvalue weighted by molar-refractivity contribution is 7.92. The van der Waals surface area contributed by atoms with Crippen LogP contribution in [0.15, 0.2) is 115 Å². The maximum absolute atomic E-state index is 13.4. The minimum absolute atomic E-state index is 0.0584. The van der Waals surface area contributed by atoms with Gasteiger partial charge in [0, 0.05) is 18.7 Å². The van der Waals surface area contributed by atoms with Gasteiger partial charge in [-0.05, 0) is 28.8 Å². The second kappa shape index (κ2) is 11.8. The molecule has 0 aliphatic rings. The zero-order chi connectivity index (χ0) is 25.4. The molecule has 0 amide bonds. The quantitative estimate of drug-likeness (QED) is 0.255. The first-order chi connectivity index (χ1) is 17.4. The molecule has 4 rings (SSSR count). The second-order valence-corrected chi connectivity index (χ2v) is 10.8. The van der Waals surface area contributed by atoms with E-state index >= 15 is 0 Å². The Morgan fingerprint density at radius 1 is 0.639 bits per heavy atom. The van der Waals surface area contributed by atoms with Crippen molar-refractivity contribution in [2.75, 3.05) is 17.1 Å². The van der Waals surface area contributed by atoms with Crippen molar-refractivity contribution in [3.8, 4) is 0 Å². The van der Waals surface area contributed by atoms with Crippen molar-refractivity contribution in [2.24, 2.45) is 0 Å². The maximum Gasteiger partial charge on any atom is 0.232 e. The fourth-order valence-electron chi connectivity index (χ4n) is 4.13. The standard InChI is InChI=1S/C30H30N2O3S/c1-36(34,35)32(23-27-16-9-4-10-17-27)29-19-11-18-28(20-29)30(33)24-31(21-25-12-5-2-6-13-25)22-26-14-7-3-8-15-26/h2-20H,21-24H2,1H3. The monoisotopic (exact) mass is 498 g/mol. The first-order valence-electron chi connectivity index (χ1n) is 11.8. The van der Waals surface area contributed by atoms with Crippen LogP contribution >= 0.6 is 0 Å². The Morgan fingerprint density at radius 3 is 1.58 bits per heavy atom. The maximum atomic E-state index is 13.4. The summed E-state index contributed by atoms with van der Waals surface area (Å²) in [5.74, 6) is -0.0584. The van der Waals surface area contributed by atoms with Gasteiger partial charge in [-0.1, -0.05) is 103 Å². The molecule has 0 aliphatic heterocycles. The van der Waals surface area contributed by atoms with E-state index in [0.29, 0.717) is 24.3 Å². The Morgan fingerprint density at radius 2 is 1.11 bits per heavy atom. The van der Waals surface area contributed by atoms with Crippen LogP contribution < -0.4 is 4.31 Å². The van der Waals surface area contributed by atoms with Gasteiger partial charge in [0.1, 0.15) is 0 Å². The van der Waals surface area contributed by atoms with Crippen LogP contribution in [0, 0.1) is 0 Å². The largest absolute Gasteiger partial charge is 0.293 e. The molecule has 5 nitrogen and oxygen atoms in total. The first-order valence-corrected chi connectivity index (χ1v) is 13.7. The van der Waals surface area contributed by atoms with E-state index in [0.717, 1.165) is 16.7 Å². The van der Waals surface area contributed by atoms with Crippen molar-refractivity contribution in [3.05, 3.63) is 138 Å². The van der Waals surface area contributed by atoms with Crippen LogP contribution in [0.1, 0.15) is 27.0 Å². The summed E-state index contributed by atoms with van der Waals surface area (Å²) in [5.41, 5.74) is 4.09. The number of hydrogen-bond acceptors (Lipinski definition) is 4. The molecule has 0 aliphatic carbocycles. The molecule has 0 N–H and O–H groups in total. The predicted molar refractivity (Wildman–Crippen MR) is 145 cm³/mol. The normalized spacial score (nSPS) is 11.4. The van der Waals surface area contributed by atoms with Gasteiger partial charge >= 0.3 is 0 Å². The summed E-state index contributed by atoms with van der Waals surface area (Å²) in [6.45, 7) is 1.67. The number of nitrogens with zero attached hydrogens (tertiary/aromatic N) is 2. The van der Waals surface area contributed by atoms with Crippen LogP contribution in [-0.2, 0) is 29.7 Å². The SMILES string of the molecule is CS(=O)(=O)N(Cc1ccccc1)c1cccc(C(=O)CN(Cc2ccccc2)Cc2ccccc2)c1. The third-order valence-corrected chi connectivity index (χ3v) is 7.03. The molecule has 0 unspecified atom stereocenters. The van der Waals surface area contributed by atoms with Crippen molar-refractivity contribution in [1.82, 2.24) is 4.90 Å². The fraction of sp³-hybridized carbons (Fsp3) is 0.167. The van der Waals surface area contributed by atoms with Gasteiger partial charge in [-0.3, -0.25) is 14.0 Å². The lowest BCUT2D eigenvalue weighted by Crippen LogP contribution is -2.30. The van der Waals surface area contributed by atoms with Crippen LogP contribution in [0.4, 0.5) is 5.69 Å². The highest BCUT2D eigenvalue weighted by Crippen LogP contribution is 2.23. The summed E-state index contributed by atoms with van der Waals surface area (Å²) < 4.78 is 26.6. The Bertz CT molecular complexity index is 1330. The number of ketones is 1. The van der Waals surface area contributed by atoms with Gasteiger partial charge in [0.2, 0.25) is 10.0 Å². The Kier molecular flexibility index (Phi) is 8.31. The molecule has 0 atom stereocenters. The van der Waals surface area contributed by atoms with Crippen LogP contribution in [0.2, 0.25) is 0 Å². The van der Waals surface area contributed by atoms with Crippen LogP contribution in [0.5, 0.6) is 0 Å². The smallest absolute Gasteiger partial charge is 0.232 e. The van der Waals surface area contributed by atoms with Crippen LogP contribution in [0.25, 0.3) is 0 Å². The highest BCUT2D eigenvalue weighted by Gasteiger charge is 2.20. The summed E-state index contributed by atoms with van der Waals surface area (Å²) in [7, 11) is -3.55. The van der Waals surface area contributed by atoms with Crippen molar-refractivity contribution in [1.29, 1.82) is 0 Å². The number of Topliss-reactive ketones (excluding diaryl/α,β-unsaturated/α-hetero) is 1. The van der Waals surface area contributed by atoms with Crippen molar-refractivity contribution >= 4 is 21.5 Å². The Hall–Kier alpha value is -3.74. The molecule has 0 fully saturated rings. The number of carbonyl (C=O) groups excluding carboxylic acids is 1. The molecular formula is C30H30N2O3S. The third kappa shape index (κ3) is 7.13. The fourth-order valence-corrected chi connectivity index (χ4v) is 5.01. The molecule has 6 heteroatoms. The molecule has 0 saturated heterocycles. The Labute approximate surface area is 213 Å². The molecule has 4 aromatic carbocycles. The zero-order valence-electron chi connectivity index (χ0n) is 20.3. The molecule has 0 saturated carbocycles. The van der Waals surface area contributed by atoms with E-state index < -0.39 is 10.0 Å². The first kappa shape index (κ1) is 25.4. The van der Waals surface area contributed by atoms with Gasteiger partial charge in [0.25, 0.3) is 0 Å². The number of sulfonamides is 1. The molecule has 184 valence electrons. The summed E-state index contributed by atoms with van der Waals surface area (Å²) in [6.07, 6.45) is 1.19.